The van der Waals surface area contributed by atoms with Crippen LogP contribution in [0.3, 0.4) is 0 Å². The molecule has 2 aliphatic heterocycles. The Morgan fingerprint density at radius 1 is 1.08 bits per heavy atom. The Kier molecular flexibility index (Phi) is 5.34. The molecule has 0 radical (unpaired) electrons. The van der Waals surface area contributed by atoms with Crippen molar-refractivity contribution in [3.05, 3.63) is 58.6 Å². The van der Waals surface area contributed by atoms with Gasteiger partial charge in [0.25, 0.3) is 0 Å². The van der Waals surface area contributed by atoms with Gasteiger partial charge < -0.3 is 14.6 Å². The lowest BCUT2D eigenvalue weighted by Crippen LogP contribution is -2.35. The number of rotatable bonds is 4. The highest BCUT2D eigenvalue weighted by Gasteiger charge is 2.26. The van der Waals surface area contributed by atoms with E-state index in [2.05, 4.69) is 4.90 Å². The topological polar surface area (TPSA) is 41.9 Å². The molecule has 1 atom stereocenters. The summed E-state index contributed by atoms with van der Waals surface area (Å²) in [7, 11) is 0. The average Bonchev–Trinajstić information content (AvgIpc) is 2.69. The molecule has 0 aliphatic carbocycles. The van der Waals surface area contributed by atoms with E-state index in [4.69, 9.17) is 21.1 Å². The van der Waals surface area contributed by atoms with Crippen LogP contribution >= 0.6 is 11.6 Å². The molecule has 2 heterocycles. The summed E-state index contributed by atoms with van der Waals surface area (Å²) in [4.78, 5) is 2.41. The van der Waals surface area contributed by atoms with Gasteiger partial charge in [0.2, 0.25) is 0 Å². The fourth-order valence-corrected chi connectivity index (χ4v) is 4.15. The van der Waals surface area contributed by atoms with Crippen molar-refractivity contribution in [2.45, 2.75) is 25.5 Å². The van der Waals surface area contributed by atoms with E-state index in [0.29, 0.717) is 29.9 Å². The van der Waals surface area contributed by atoms with Crippen LogP contribution < -0.4 is 9.47 Å². The monoisotopic (exact) mass is 373 g/mol. The molecule has 5 heteroatoms. The zero-order chi connectivity index (χ0) is 17.9. The number of hydrogen-bond donors (Lipinski definition) is 1. The average molecular weight is 374 g/mol. The number of aliphatic hydroxyl groups is 1. The Labute approximate surface area is 159 Å². The first-order valence-electron chi connectivity index (χ1n) is 9.24. The van der Waals surface area contributed by atoms with Gasteiger partial charge in [0.1, 0.15) is 13.2 Å². The highest BCUT2D eigenvalue weighted by molar-refractivity contribution is 6.32. The summed E-state index contributed by atoms with van der Waals surface area (Å²) >= 11 is 6.34. The minimum absolute atomic E-state index is 0.317. The summed E-state index contributed by atoms with van der Waals surface area (Å²) in [6.07, 6.45) is 1.62. The van der Waals surface area contributed by atoms with Gasteiger partial charge in [-0.2, -0.15) is 0 Å². The highest BCUT2D eigenvalue weighted by Crippen LogP contribution is 2.39. The van der Waals surface area contributed by atoms with E-state index >= 15 is 0 Å². The molecule has 138 valence electrons. The fourth-order valence-electron chi connectivity index (χ4n) is 3.86. The Morgan fingerprint density at radius 2 is 1.81 bits per heavy atom. The number of nitrogens with zero attached hydrogens (tertiary/aromatic N) is 1. The number of halogens is 1. The van der Waals surface area contributed by atoms with Crippen molar-refractivity contribution in [1.82, 2.24) is 4.90 Å². The molecule has 1 fully saturated rings. The van der Waals surface area contributed by atoms with E-state index in [1.807, 2.05) is 42.5 Å². The largest absolute Gasteiger partial charge is 0.486 e. The number of ether oxygens (including phenoxy) is 2. The molecule has 4 nitrogen and oxygen atoms in total. The second-order valence-electron chi connectivity index (χ2n) is 7.07. The normalized spacial score (nSPS) is 19.3. The van der Waals surface area contributed by atoms with Crippen molar-refractivity contribution in [3.8, 4) is 11.5 Å². The lowest BCUT2D eigenvalue weighted by Gasteiger charge is -2.34. The van der Waals surface area contributed by atoms with Crippen LogP contribution in [-0.4, -0.2) is 36.3 Å². The summed E-state index contributed by atoms with van der Waals surface area (Å²) in [5.74, 6) is 1.72. The summed E-state index contributed by atoms with van der Waals surface area (Å²) in [6.45, 7) is 3.89. The number of piperidine rings is 1. The number of likely N-dealkylation sites (tertiary alicyclic amines) is 1. The van der Waals surface area contributed by atoms with Crippen molar-refractivity contribution in [2.75, 3.05) is 26.3 Å². The lowest BCUT2D eigenvalue weighted by atomic mass is 9.87. The van der Waals surface area contributed by atoms with Gasteiger partial charge in [0, 0.05) is 6.54 Å². The Balaban J connectivity index is 1.36. The second-order valence-corrected chi connectivity index (χ2v) is 7.48. The standard InChI is InChI=1S/C21H24ClNO3/c22-18-12-15(13-19-21(18)26-11-10-25-19)14-23-8-6-17(7-9-23)20(24)16-4-2-1-3-5-16/h1-5,12-13,17,20,24H,6-11,14H2. The Bertz CT molecular complexity index is 744. The van der Waals surface area contributed by atoms with Crippen LogP contribution in [0.25, 0.3) is 0 Å². The Morgan fingerprint density at radius 3 is 2.58 bits per heavy atom. The SMILES string of the molecule is OC(c1ccccc1)C1CCN(Cc2cc(Cl)c3c(c2)OCCO3)CC1. The van der Waals surface area contributed by atoms with Gasteiger partial charge in [-0.05, 0) is 55.1 Å². The molecule has 0 saturated carbocycles. The molecule has 0 bridgehead atoms. The van der Waals surface area contributed by atoms with Crippen molar-refractivity contribution >= 4 is 11.6 Å². The first-order valence-corrected chi connectivity index (χ1v) is 9.62. The summed E-state index contributed by atoms with van der Waals surface area (Å²) < 4.78 is 11.3. The van der Waals surface area contributed by atoms with Gasteiger partial charge in [-0.15, -0.1) is 0 Å². The molecule has 1 N–H and O–H groups in total. The first kappa shape index (κ1) is 17.7. The smallest absolute Gasteiger partial charge is 0.179 e. The molecule has 26 heavy (non-hydrogen) atoms. The molecule has 0 aromatic heterocycles. The minimum atomic E-state index is -0.373. The maximum Gasteiger partial charge on any atom is 0.179 e. The van der Waals surface area contributed by atoms with Crippen LogP contribution in [0.4, 0.5) is 0 Å². The molecule has 2 aromatic carbocycles. The third kappa shape index (κ3) is 3.83. The van der Waals surface area contributed by atoms with Gasteiger partial charge in [0.05, 0.1) is 11.1 Å². The van der Waals surface area contributed by atoms with Gasteiger partial charge in [-0.25, -0.2) is 0 Å². The molecule has 0 amide bonds. The summed E-state index contributed by atoms with van der Waals surface area (Å²) in [5.41, 5.74) is 2.16. The summed E-state index contributed by atoms with van der Waals surface area (Å²) in [6, 6.07) is 14.0. The fraction of sp³-hybridized carbons (Fsp3) is 0.429. The molecule has 1 unspecified atom stereocenters. The van der Waals surface area contributed by atoms with Gasteiger partial charge >= 0.3 is 0 Å². The van der Waals surface area contributed by atoms with Crippen LogP contribution in [0, 0.1) is 5.92 Å². The molecular weight excluding hydrogens is 350 g/mol. The molecule has 2 aromatic rings. The zero-order valence-electron chi connectivity index (χ0n) is 14.7. The van der Waals surface area contributed by atoms with Gasteiger partial charge in [-0.1, -0.05) is 41.9 Å². The third-order valence-electron chi connectivity index (χ3n) is 5.28. The second kappa shape index (κ2) is 7.87. The van der Waals surface area contributed by atoms with Crippen molar-refractivity contribution in [1.29, 1.82) is 0 Å². The van der Waals surface area contributed by atoms with Crippen molar-refractivity contribution in [3.63, 3.8) is 0 Å². The minimum Gasteiger partial charge on any atom is -0.486 e. The molecular formula is C21H24ClNO3. The van der Waals surface area contributed by atoms with E-state index in [0.717, 1.165) is 49.4 Å². The van der Waals surface area contributed by atoms with Crippen molar-refractivity contribution < 1.29 is 14.6 Å². The van der Waals surface area contributed by atoms with Crippen LogP contribution in [-0.2, 0) is 6.54 Å². The summed E-state index contributed by atoms with van der Waals surface area (Å²) in [5, 5.41) is 11.2. The van der Waals surface area contributed by atoms with Crippen LogP contribution in [0.1, 0.15) is 30.1 Å². The van der Waals surface area contributed by atoms with Crippen LogP contribution in [0.15, 0.2) is 42.5 Å². The van der Waals surface area contributed by atoms with Crippen LogP contribution in [0.5, 0.6) is 11.5 Å². The number of fused-ring (bicyclic) bond motifs is 1. The van der Waals surface area contributed by atoms with E-state index in [-0.39, 0.29) is 6.10 Å². The number of aliphatic hydroxyl groups excluding tert-OH is 1. The molecule has 0 spiro atoms. The number of benzene rings is 2. The third-order valence-corrected chi connectivity index (χ3v) is 5.56. The molecule has 1 saturated heterocycles. The molecule has 4 rings (SSSR count). The van der Waals surface area contributed by atoms with E-state index in [1.54, 1.807) is 0 Å². The maximum absolute atomic E-state index is 10.6. The van der Waals surface area contributed by atoms with Crippen molar-refractivity contribution in [2.24, 2.45) is 5.92 Å². The molecule has 2 aliphatic rings. The highest BCUT2D eigenvalue weighted by atomic mass is 35.5. The van der Waals surface area contributed by atoms with E-state index in [9.17, 15) is 5.11 Å². The quantitative estimate of drug-likeness (QED) is 0.877. The lowest BCUT2D eigenvalue weighted by molar-refractivity contribution is 0.0567. The Hall–Kier alpha value is -1.75. The van der Waals surface area contributed by atoms with Gasteiger partial charge in [-0.3, -0.25) is 4.90 Å². The predicted molar refractivity (Wildman–Crippen MR) is 102 cm³/mol. The van der Waals surface area contributed by atoms with E-state index in [1.165, 1.54) is 0 Å². The number of hydrogen-bond acceptors (Lipinski definition) is 4. The zero-order valence-corrected chi connectivity index (χ0v) is 15.5. The predicted octanol–water partition coefficient (Wildman–Crippen LogP) is 4.06. The first-order chi connectivity index (χ1) is 12.7. The van der Waals surface area contributed by atoms with Gasteiger partial charge in [0.15, 0.2) is 11.5 Å². The maximum atomic E-state index is 10.6. The van der Waals surface area contributed by atoms with E-state index < -0.39 is 0 Å². The van der Waals surface area contributed by atoms with Crippen LogP contribution in [0.2, 0.25) is 5.02 Å².